The van der Waals surface area contributed by atoms with E-state index in [1.807, 2.05) is 12.1 Å². The van der Waals surface area contributed by atoms with E-state index in [0.717, 1.165) is 38.3 Å². The maximum Gasteiger partial charge on any atom is 0.394 e. The van der Waals surface area contributed by atoms with Crippen LogP contribution in [-0.4, -0.2) is 51.2 Å². The maximum absolute atomic E-state index is 14.2. The van der Waals surface area contributed by atoms with E-state index in [9.17, 15) is 31.0 Å². The van der Waals surface area contributed by atoms with Crippen LogP contribution in [0.25, 0.3) is 11.0 Å². The second kappa shape index (κ2) is 13.8. The molecule has 47 heavy (non-hydrogen) atoms. The lowest BCUT2D eigenvalue weighted by Gasteiger charge is -2.34. The third kappa shape index (κ3) is 10.1. The topological polar surface area (TPSA) is 85.3 Å². The molecule has 1 aromatic carbocycles. The number of carbonyl (C=O) groups is 1. The van der Waals surface area contributed by atoms with Gasteiger partial charge in [0, 0.05) is 33.9 Å². The fraction of sp³-hybridized carbons (Fsp3) is 0.758. The lowest BCUT2D eigenvalue weighted by atomic mass is 9.79. The van der Waals surface area contributed by atoms with Crippen molar-refractivity contribution in [3.8, 4) is 0 Å². The maximum atomic E-state index is 14.2. The van der Waals surface area contributed by atoms with Crippen molar-refractivity contribution in [2.45, 2.75) is 134 Å². The van der Waals surface area contributed by atoms with Gasteiger partial charge in [-0.2, -0.15) is 13.2 Å². The van der Waals surface area contributed by atoms with Crippen LogP contribution in [0, 0.1) is 17.3 Å². The van der Waals surface area contributed by atoms with Crippen LogP contribution in [0.4, 0.5) is 22.0 Å². The lowest BCUT2D eigenvalue weighted by molar-refractivity contribution is -0.215. The van der Waals surface area contributed by atoms with Gasteiger partial charge in [0.25, 0.3) is 0 Å². The van der Waals surface area contributed by atoms with Crippen LogP contribution in [0.1, 0.15) is 96.6 Å². The molecule has 4 rings (SSSR count). The molecular weight excluding hydrogens is 656 g/mol. The van der Waals surface area contributed by atoms with Crippen LogP contribution in [0.2, 0.25) is 25.7 Å². The summed E-state index contributed by atoms with van der Waals surface area (Å²) >= 11 is 0. The molecule has 1 heterocycles. The predicted molar refractivity (Wildman–Crippen MR) is 178 cm³/mol. The Bertz CT molecular complexity index is 1440. The Hall–Kier alpha value is -1.90. The summed E-state index contributed by atoms with van der Waals surface area (Å²) in [6, 6.07) is 5.06. The number of fused-ring (bicyclic) bond motifs is 1. The summed E-state index contributed by atoms with van der Waals surface area (Å²) in [7, 11) is -3.14. The highest BCUT2D eigenvalue weighted by molar-refractivity contribution is 7.84. The first kappa shape index (κ1) is 37.9. The number of imidazole rings is 1. The van der Waals surface area contributed by atoms with Crippen molar-refractivity contribution in [1.29, 1.82) is 0 Å². The number of alkyl halides is 5. The molecule has 2 aliphatic carbocycles. The van der Waals surface area contributed by atoms with Crippen LogP contribution in [0.5, 0.6) is 0 Å². The second-order valence-electron chi connectivity index (χ2n) is 16.3. The van der Waals surface area contributed by atoms with E-state index in [0.29, 0.717) is 17.6 Å². The highest BCUT2D eigenvalue weighted by Crippen LogP contribution is 2.46. The monoisotopic (exact) mass is 706 g/mol. The van der Waals surface area contributed by atoms with Gasteiger partial charge in [-0.05, 0) is 75.6 Å². The molecule has 1 amide bonds. The molecule has 2 aliphatic rings. The number of nitrogens with one attached hydrogen (secondary N) is 2. The SMILES string of the molecule is CC(C)(C)[S@@](=O)N[C@@H](CC(C)(C)C(F)(F)F)c1nc2ccc([C@H](NC(=O)CC3CC(F)(F)C3)C3CC3)cc2n1COCC[Si](C)(C)C. The van der Waals surface area contributed by atoms with Crippen molar-refractivity contribution in [3.63, 3.8) is 0 Å². The van der Waals surface area contributed by atoms with Gasteiger partial charge in [0.05, 0.1) is 44.3 Å². The Morgan fingerprint density at radius 2 is 1.77 bits per heavy atom. The Morgan fingerprint density at radius 3 is 2.30 bits per heavy atom. The number of amides is 1. The summed E-state index contributed by atoms with van der Waals surface area (Å²) in [6.45, 7) is 14.7. The van der Waals surface area contributed by atoms with Gasteiger partial charge < -0.3 is 14.6 Å². The van der Waals surface area contributed by atoms with Crippen LogP contribution in [0.15, 0.2) is 18.2 Å². The zero-order chi connectivity index (χ0) is 35.2. The molecular formula is C33H51F5N4O3SSi. The Balaban J connectivity index is 1.72. The number of rotatable bonds is 15. The summed E-state index contributed by atoms with van der Waals surface area (Å²) in [5.74, 6) is -2.82. The van der Waals surface area contributed by atoms with Gasteiger partial charge in [0.15, 0.2) is 0 Å². The van der Waals surface area contributed by atoms with Gasteiger partial charge in [-0.3, -0.25) is 4.79 Å². The molecule has 0 aliphatic heterocycles. The van der Waals surface area contributed by atoms with Crippen LogP contribution < -0.4 is 10.0 Å². The standard InChI is InChI=1S/C33H51F5N4O3SSi/c1-30(2,3)46(44)41-25(19-31(4,5)33(36,37)38)29-39-24-12-11-23(16-26(24)42(29)20-45-13-14-47(6,7)8)28(22-9-10-22)40-27(43)15-21-17-32(34,35)18-21/h11-12,16,21-22,25,28,41H,9-10,13-15,17-20H2,1-8H3,(H,40,43)/t25-,28+,46+/m0/s1. The molecule has 266 valence electrons. The summed E-state index contributed by atoms with van der Waals surface area (Å²) in [6.07, 6.45) is -3.62. The molecule has 2 N–H and O–H groups in total. The number of hydrogen-bond donors (Lipinski definition) is 2. The molecule has 14 heteroatoms. The molecule has 0 spiro atoms. The normalized spacial score (nSPS) is 19.8. The Labute approximate surface area is 278 Å². The van der Waals surface area contributed by atoms with Gasteiger partial charge in [-0.15, -0.1) is 0 Å². The zero-order valence-corrected chi connectivity index (χ0v) is 30.6. The molecule has 2 aromatic rings. The molecule has 2 fully saturated rings. The molecule has 0 bridgehead atoms. The minimum absolute atomic E-state index is 0.0306. The summed E-state index contributed by atoms with van der Waals surface area (Å²) < 4.78 is 92.8. The minimum Gasteiger partial charge on any atom is -0.361 e. The number of halogens is 5. The molecule has 7 nitrogen and oxygen atoms in total. The van der Waals surface area contributed by atoms with E-state index in [-0.39, 0.29) is 55.6 Å². The average molecular weight is 707 g/mol. The van der Waals surface area contributed by atoms with Gasteiger partial charge in [-0.1, -0.05) is 39.6 Å². The zero-order valence-electron chi connectivity index (χ0n) is 28.8. The van der Waals surface area contributed by atoms with Gasteiger partial charge >= 0.3 is 6.18 Å². The number of hydrogen-bond acceptors (Lipinski definition) is 4. The summed E-state index contributed by atoms with van der Waals surface area (Å²) in [5, 5.41) is 3.08. The molecule has 3 atom stereocenters. The second-order valence-corrected chi connectivity index (χ2v) is 24.0. The lowest BCUT2D eigenvalue weighted by Crippen LogP contribution is -2.41. The highest BCUT2D eigenvalue weighted by Gasteiger charge is 2.49. The fourth-order valence-electron chi connectivity index (χ4n) is 5.73. The van der Waals surface area contributed by atoms with Gasteiger partial charge in [0.2, 0.25) is 11.8 Å². The number of benzene rings is 1. The van der Waals surface area contributed by atoms with Crippen molar-refractivity contribution >= 4 is 36.0 Å². The summed E-state index contributed by atoms with van der Waals surface area (Å²) in [4.78, 5) is 17.7. The van der Waals surface area contributed by atoms with Gasteiger partial charge in [-0.25, -0.2) is 22.7 Å². The van der Waals surface area contributed by atoms with Crippen molar-refractivity contribution in [2.24, 2.45) is 17.3 Å². The van der Waals surface area contributed by atoms with Crippen molar-refractivity contribution in [1.82, 2.24) is 19.6 Å². The third-order valence-electron chi connectivity index (χ3n) is 9.04. The number of ether oxygens (including phenoxy) is 1. The van der Waals surface area contributed by atoms with Gasteiger partial charge in [0.1, 0.15) is 12.6 Å². The van der Waals surface area contributed by atoms with E-state index in [1.54, 1.807) is 31.4 Å². The molecule has 1 aromatic heterocycles. The largest absolute Gasteiger partial charge is 0.394 e. The van der Waals surface area contributed by atoms with Crippen LogP contribution >= 0.6 is 0 Å². The Morgan fingerprint density at radius 1 is 1.13 bits per heavy atom. The van der Waals surface area contributed by atoms with Crippen LogP contribution in [0.3, 0.4) is 0 Å². The smallest absolute Gasteiger partial charge is 0.361 e. The predicted octanol–water partition coefficient (Wildman–Crippen LogP) is 8.42. The van der Waals surface area contributed by atoms with Crippen molar-refractivity contribution in [3.05, 3.63) is 29.6 Å². The van der Waals surface area contributed by atoms with E-state index in [4.69, 9.17) is 9.72 Å². The highest BCUT2D eigenvalue weighted by atomic mass is 32.2. The Kier molecular flexibility index (Phi) is 11.1. The summed E-state index contributed by atoms with van der Waals surface area (Å²) in [5.41, 5.74) is -0.151. The van der Waals surface area contributed by atoms with E-state index >= 15 is 0 Å². The first-order valence-electron chi connectivity index (χ1n) is 16.5. The van der Waals surface area contributed by atoms with Crippen molar-refractivity contribution < 1.29 is 35.7 Å². The molecule has 2 saturated carbocycles. The first-order valence-corrected chi connectivity index (χ1v) is 21.3. The number of aromatic nitrogens is 2. The van der Waals surface area contributed by atoms with E-state index in [1.165, 1.54) is 0 Å². The molecule has 0 unspecified atom stereocenters. The molecule has 0 radical (unpaired) electrons. The van der Waals surface area contributed by atoms with E-state index < -0.39 is 53.8 Å². The fourth-order valence-corrected chi connectivity index (χ4v) is 7.29. The van der Waals surface area contributed by atoms with E-state index in [2.05, 4.69) is 29.7 Å². The quantitative estimate of drug-likeness (QED) is 0.111. The number of nitrogens with zero attached hydrogens (tertiary/aromatic N) is 2. The minimum atomic E-state index is -4.51. The first-order chi connectivity index (χ1) is 21.5. The average Bonchev–Trinajstić information content (AvgIpc) is 3.67. The van der Waals surface area contributed by atoms with Crippen LogP contribution in [-0.2, 0) is 27.2 Å². The third-order valence-corrected chi connectivity index (χ3v) is 12.4. The molecule has 0 saturated heterocycles. The van der Waals surface area contributed by atoms with Crippen molar-refractivity contribution in [2.75, 3.05) is 6.61 Å². The number of carbonyl (C=O) groups excluding carboxylic acids is 1.